The van der Waals surface area contributed by atoms with Crippen LogP contribution < -0.4 is 0 Å². The molecule has 0 amide bonds. The third-order valence-electron chi connectivity index (χ3n) is 3.18. The molecule has 0 saturated heterocycles. The molecular formula is C15H13F2N3O. The monoisotopic (exact) mass is 289 g/mol. The van der Waals surface area contributed by atoms with Crippen molar-refractivity contribution in [1.29, 1.82) is 0 Å². The van der Waals surface area contributed by atoms with Gasteiger partial charge in [-0.15, -0.1) is 0 Å². The topological polar surface area (TPSA) is 43.9 Å². The maximum Gasteiger partial charge on any atom is 0.232 e. The number of oxazole rings is 1. The molecule has 0 aliphatic rings. The van der Waals surface area contributed by atoms with Gasteiger partial charge in [-0.2, -0.15) is 0 Å². The Morgan fingerprint density at radius 1 is 1.24 bits per heavy atom. The van der Waals surface area contributed by atoms with Gasteiger partial charge in [0, 0.05) is 18.8 Å². The third kappa shape index (κ3) is 2.56. The first-order chi connectivity index (χ1) is 10.2. The summed E-state index contributed by atoms with van der Waals surface area (Å²) in [7, 11) is 0. The maximum absolute atomic E-state index is 13.7. The fourth-order valence-electron chi connectivity index (χ4n) is 2.17. The Hall–Kier alpha value is -2.50. The van der Waals surface area contributed by atoms with Gasteiger partial charge < -0.3 is 8.98 Å². The fraction of sp³-hybridized carbons (Fsp3) is 0.200. The van der Waals surface area contributed by atoms with Crippen LogP contribution in [-0.4, -0.2) is 14.5 Å². The van der Waals surface area contributed by atoms with Crippen molar-refractivity contribution in [2.45, 2.75) is 19.9 Å². The molecule has 108 valence electrons. The van der Waals surface area contributed by atoms with Gasteiger partial charge in [-0.25, -0.2) is 18.7 Å². The lowest BCUT2D eigenvalue weighted by molar-refractivity contribution is 0.540. The van der Waals surface area contributed by atoms with E-state index < -0.39 is 11.6 Å². The van der Waals surface area contributed by atoms with E-state index in [4.69, 9.17) is 4.42 Å². The predicted molar refractivity (Wildman–Crippen MR) is 72.6 cm³/mol. The van der Waals surface area contributed by atoms with Crippen LogP contribution in [-0.2, 0) is 13.0 Å². The van der Waals surface area contributed by atoms with E-state index in [9.17, 15) is 8.78 Å². The number of nitrogens with zero attached hydrogens (tertiary/aromatic N) is 3. The zero-order valence-electron chi connectivity index (χ0n) is 11.4. The Labute approximate surface area is 120 Å². The molecule has 0 aliphatic heterocycles. The summed E-state index contributed by atoms with van der Waals surface area (Å²) in [5, 5.41) is 0. The van der Waals surface area contributed by atoms with Crippen LogP contribution in [0.3, 0.4) is 0 Å². The zero-order chi connectivity index (χ0) is 14.8. The summed E-state index contributed by atoms with van der Waals surface area (Å²) in [5.41, 5.74) is 0.338. The molecule has 0 fully saturated rings. The van der Waals surface area contributed by atoms with Gasteiger partial charge in [0.2, 0.25) is 5.89 Å². The third-order valence-corrected chi connectivity index (χ3v) is 3.18. The van der Waals surface area contributed by atoms with E-state index >= 15 is 0 Å². The van der Waals surface area contributed by atoms with Crippen LogP contribution in [0.5, 0.6) is 0 Å². The summed E-state index contributed by atoms with van der Waals surface area (Å²) in [4.78, 5) is 8.37. The zero-order valence-corrected chi connectivity index (χ0v) is 11.4. The highest BCUT2D eigenvalue weighted by atomic mass is 19.1. The Kier molecular flexibility index (Phi) is 3.51. The molecule has 3 rings (SSSR count). The van der Waals surface area contributed by atoms with Crippen molar-refractivity contribution in [3.63, 3.8) is 0 Å². The van der Waals surface area contributed by atoms with Crippen molar-refractivity contribution in [2.24, 2.45) is 0 Å². The average molecular weight is 289 g/mol. The highest BCUT2D eigenvalue weighted by Crippen LogP contribution is 2.25. The summed E-state index contributed by atoms with van der Waals surface area (Å²) in [6.45, 7) is 2.45. The number of aromatic nitrogens is 3. The first-order valence-corrected chi connectivity index (χ1v) is 6.58. The number of rotatable bonds is 4. The normalized spacial score (nSPS) is 11.0. The van der Waals surface area contributed by atoms with Gasteiger partial charge >= 0.3 is 0 Å². The van der Waals surface area contributed by atoms with Crippen molar-refractivity contribution < 1.29 is 13.2 Å². The number of hydrogen-bond acceptors (Lipinski definition) is 3. The Morgan fingerprint density at radius 3 is 2.71 bits per heavy atom. The van der Waals surface area contributed by atoms with Gasteiger partial charge in [0.15, 0.2) is 0 Å². The van der Waals surface area contributed by atoms with Crippen molar-refractivity contribution in [3.05, 3.63) is 60.0 Å². The smallest absolute Gasteiger partial charge is 0.232 e. The van der Waals surface area contributed by atoms with Gasteiger partial charge in [-0.1, -0.05) is 13.0 Å². The van der Waals surface area contributed by atoms with E-state index in [-0.39, 0.29) is 11.5 Å². The molecule has 0 spiro atoms. The molecule has 0 unspecified atom stereocenters. The van der Waals surface area contributed by atoms with Gasteiger partial charge in [0.05, 0.1) is 12.2 Å². The lowest BCUT2D eigenvalue weighted by atomic mass is 10.2. The van der Waals surface area contributed by atoms with E-state index in [1.807, 2.05) is 17.7 Å². The molecule has 2 heterocycles. The number of hydrogen-bond donors (Lipinski definition) is 0. The summed E-state index contributed by atoms with van der Waals surface area (Å²) in [6.07, 6.45) is 5.73. The molecule has 0 N–H and O–H groups in total. The van der Waals surface area contributed by atoms with E-state index in [0.717, 1.165) is 12.2 Å². The molecule has 3 aromatic rings. The largest absolute Gasteiger partial charge is 0.444 e. The first-order valence-electron chi connectivity index (χ1n) is 6.58. The van der Waals surface area contributed by atoms with Crippen LogP contribution in [0.4, 0.5) is 8.78 Å². The Morgan fingerprint density at radius 2 is 2.00 bits per heavy atom. The highest BCUT2D eigenvalue weighted by Gasteiger charge is 2.16. The van der Waals surface area contributed by atoms with E-state index in [0.29, 0.717) is 12.2 Å². The van der Waals surface area contributed by atoms with Crippen LogP contribution in [0.15, 0.2) is 41.3 Å². The summed E-state index contributed by atoms with van der Waals surface area (Å²) in [5.74, 6) is -0.532. The Balaban J connectivity index is 1.90. The maximum atomic E-state index is 13.7. The van der Waals surface area contributed by atoms with E-state index in [2.05, 4.69) is 9.97 Å². The first kappa shape index (κ1) is 13.5. The minimum Gasteiger partial charge on any atom is -0.444 e. The fourth-order valence-corrected chi connectivity index (χ4v) is 2.17. The van der Waals surface area contributed by atoms with Crippen LogP contribution in [0.1, 0.15) is 18.4 Å². The number of halogens is 2. The number of benzene rings is 1. The lowest BCUT2D eigenvalue weighted by Crippen LogP contribution is -2.03. The van der Waals surface area contributed by atoms with Gasteiger partial charge in [0.1, 0.15) is 29.3 Å². The molecule has 21 heavy (non-hydrogen) atoms. The standard InChI is InChI=1S/C15H13F2N3O/c1-2-13-18-6-7-20(13)8-10-9-21-15(19-10)14-11(16)4-3-5-12(14)17/h3-7,9H,2,8H2,1H3. The predicted octanol–water partition coefficient (Wildman–Crippen LogP) is 3.43. The highest BCUT2D eigenvalue weighted by molar-refractivity contribution is 5.55. The molecule has 6 heteroatoms. The van der Waals surface area contributed by atoms with Crippen LogP contribution in [0.2, 0.25) is 0 Å². The molecule has 0 aliphatic carbocycles. The SMILES string of the molecule is CCc1nccn1Cc1coc(-c2c(F)cccc2F)n1. The second kappa shape index (κ2) is 5.47. The molecule has 0 radical (unpaired) electrons. The molecule has 0 bridgehead atoms. The van der Waals surface area contributed by atoms with Gasteiger partial charge in [0.25, 0.3) is 0 Å². The van der Waals surface area contributed by atoms with E-state index in [1.54, 1.807) is 6.20 Å². The minimum atomic E-state index is -0.694. The molecule has 0 atom stereocenters. The second-order valence-electron chi connectivity index (χ2n) is 4.57. The summed E-state index contributed by atoms with van der Waals surface area (Å²) < 4.78 is 34.5. The quantitative estimate of drug-likeness (QED) is 0.739. The van der Waals surface area contributed by atoms with Crippen LogP contribution in [0.25, 0.3) is 11.5 Å². The molecule has 4 nitrogen and oxygen atoms in total. The number of aryl methyl sites for hydroxylation is 1. The van der Waals surface area contributed by atoms with Crippen molar-refractivity contribution >= 4 is 0 Å². The molecule has 2 aromatic heterocycles. The number of imidazole rings is 1. The molecular weight excluding hydrogens is 276 g/mol. The summed E-state index contributed by atoms with van der Waals surface area (Å²) >= 11 is 0. The van der Waals surface area contributed by atoms with Crippen molar-refractivity contribution in [2.75, 3.05) is 0 Å². The van der Waals surface area contributed by atoms with Crippen molar-refractivity contribution in [3.8, 4) is 11.5 Å². The second-order valence-corrected chi connectivity index (χ2v) is 4.57. The summed E-state index contributed by atoms with van der Waals surface area (Å²) in [6, 6.07) is 3.65. The average Bonchev–Trinajstić information content (AvgIpc) is 3.08. The van der Waals surface area contributed by atoms with E-state index in [1.165, 1.54) is 24.5 Å². The minimum absolute atomic E-state index is 0.0567. The van der Waals surface area contributed by atoms with Gasteiger partial charge in [-0.3, -0.25) is 0 Å². The van der Waals surface area contributed by atoms with Gasteiger partial charge in [-0.05, 0) is 12.1 Å². The molecule has 1 aromatic carbocycles. The molecule has 0 saturated carbocycles. The van der Waals surface area contributed by atoms with Crippen LogP contribution in [0, 0.1) is 11.6 Å². The van der Waals surface area contributed by atoms with Crippen molar-refractivity contribution in [1.82, 2.24) is 14.5 Å². The Bertz CT molecular complexity index is 744. The van der Waals surface area contributed by atoms with Crippen LogP contribution >= 0.6 is 0 Å². The lowest BCUT2D eigenvalue weighted by Gasteiger charge is -2.02.